The Bertz CT molecular complexity index is 788. The Morgan fingerprint density at radius 2 is 2.18 bits per heavy atom. The number of thiophene rings is 1. The van der Waals surface area contributed by atoms with Gasteiger partial charge in [0.05, 0.1) is 4.88 Å². The third-order valence-electron chi connectivity index (χ3n) is 2.28. The van der Waals surface area contributed by atoms with Crippen molar-refractivity contribution in [2.75, 3.05) is 0 Å². The fraction of sp³-hybridized carbons (Fsp3) is 0. The maximum absolute atomic E-state index is 11.6. The van der Waals surface area contributed by atoms with E-state index >= 15 is 0 Å². The van der Waals surface area contributed by atoms with Gasteiger partial charge in [-0.05, 0) is 11.4 Å². The van der Waals surface area contributed by atoms with Crippen molar-refractivity contribution >= 4 is 22.5 Å². The maximum atomic E-state index is 11.6. The van der Waals surface area contributed by atoms with Gasteiger partial charge < -0.3 is 0 Å². The first-order chi connectivity index (χ1) is 8.24. The predicted octanol–water partition coefficient (Wildman–Crippen LogP) is 0.154. The van der Waals surface area contributed by atoms with Gasteiger partial charge in [-0.1, -0.05) is 6.07 Å². The molecular formula is C10H7N4O2S+. The van der Waals surface area contributed by atoms with Gasteiger partial charge in [0.25, 0.3) is 5.56 Å². The molecule has 0 saturated carbocycles. The molecule has 0 aliphatic rings. The molecule has 3 aromatic heterocycles. The van der Waals surface area contributed by atoms with Crippen molar-refractivity contribution in [2.24, 2.45) is 0 Å². The van der Waals surface area contributed by atoms with Gasteiger partial charge in [0.1, 0.15) is 11.9 Å². The molecule has 0 radical (unpaired) electrons. The highest BCUT2D eigenvalue weighted by atomic mass is 32.1. The molecule has 3 heterocycles. The summed E-state index contributed by atoms with van der Waals surface area (Å²) >= 11 is 1.53. The molecule has 0 unspecified atom stereocenters. The Labute approximate surface area is 98.0 Å². The van der Waals surface area contributed by atoms with E-state index in [1.54, 1.807) is 6.20 Å². The second-order valence-electron chi connectivity index (χ2n) is 3.39. The van der Waals surface area contributed by atoms with E-state index in [2.05, 4.69) is 19.9 Å². The van der Waals surface area contributed by atoms with Crippen LogP contribution in [0.1, 0.15) is 0 Å². The SMILES string of the molecule is O=c1[nH]c(=O)c2nc(-c3cccs3)c[nH+]c2[nH]1. The number of H-pyrrole nitrogens is 3. The number of nitrogens with one attached hydrogen (secondary N) is 3. The zero-order valence-corrected chi connectivity index (χ0v) is 9.30. The Hall–Kier alpha value is -2.28. The van der Waals surface area contributed by atoms with E-state index in [1.165, 1.54) is 11.3 Å². The van der Waals surface area contributed by atoms with Gasteiger partial charge >= 0.3 is 11.3 Å². The van der Waals surface area contributed by atoms with Gasteiger partial charge in [-0.3, -0.25) is 9.78 Å². The van der Waals surface area contributed by atoms with Crippen molar-refractivity contribution in [3.05, 3.63) is 44.5 Å². The van der Waals surface area contributed by atoms with Gasteiger partial charge in [0.2, 0.25) is 5.52 Å². The van der Waals surface area contributed by atoms with Crippen LogP contribution in [0, 0.1) is 0 Å². The van der Waals surface area contributed by atoms with Gasteiger partial charge in [0, 0.05) is 0 Å². The second-order valence-corrected chi connectivity index (χ2v) is 4.34. The Balaban J connectivity index is 2.34. The third kappa shape index (κ3) is 1.66. The number of aromatic amines is 3. The lowest BCUT2D eigenvalue weighted by atomic mass is 10.3. The summed E-state index contributed by atoms with van der Waals surface area (Å²) in [4.78, 5) is 35.3. The van der Waals surface area contributed by atoms with Crippen LogP contribution >= 0.6 is 11.3 Å². The summed E-state index contributed by atoms with van der Waals surface area (Å²) in [6.45, 7) is 0. The van der Waals surface area contributed by atoms with Gasteiger partial charge in [-0.25, -0.2) is 14.8 Å². The highest BCUT2D eigenvalue weighted by Crippen LogP contribution is 2.21. The summed E-state index contributed by atoms with van der Waals surface area (Å²) in [7, 11) is 0. The molecule has 0 atom stereocenters. The lowest BCUT2D eigenvalue weighted by Gasteiger charge is -1.94. The molecule has 0 amide bonds. The van der Waals surface area contributed by atoms with E-state index in [-0.39, 0.29) is 5.52 Å². The van der Waals surface area contributed by atoms with Crippen LogP contribution < -0.4 is 16.2 Å². The van der Waals surface area contributed by atoms with Crippen molar-refractivity contribution in [1.29, 1.82) is 0 Å². The first-order valence-corrected chi connectivity index (χ1v) is 5.71. The highest BCUT2D eigenvalue weighted by Gasteiger charge is 2.11. The van der Waals surface area contributed by atoms with Crippen LogP contribution in [-0.4, -0.2) is 15.0 Å². The molecule has 0 aromatic carbocycles. The largest absolute Gasteiger partial charge is 0.413 e. The lowest BCUT2D eigenvalue weighted by Crippen LogP contribution is -2.26. The number of aromatic nitrogens is 4. The first kappa shape index (κ1) is 9.91. The highest BCUT2D eigenvalue weighted by molar-refractivity contribution is 7.13. The van der Waals surface area contributed by atoms with E-state index < -0.39 is 11.2 Å². The monoisotopic (exact) mass is 247 g/mol. The quantitative estimate of drug-likeness (QED) is 0.641. The summed E-state index contributed by atoms with van der Waals surface area (Å²) in [5.74, 6) is 0. The average molecular weight is 247 g/mol. The van der Waals surface area contributed by atoms with Crippen LogP contribution in [0.4, 0.5) is 0 Å². The molecule has 0 aliphatic carbocycles. The first-order valence-electron chi connectivity index (χ1n) is 4.83. The lowest BCUT2D eigenvalue weighted by molar-refractivity contribution is -0.347. The molecule has 0 bridgehead atoms. The molecule has 84 valence electrons. The number of hydrogen-bond donors (Lipinski definition) is 2. The predicted molar refractivity (Wildman–Crippen MR) is 62.9 cm³/mol. The molecular weight excluding hydrogens is 240 g/mol. The maximum Gasteiger partial charge on any atom is 0.413 e. The minimum atomic E-state index is -0.551. The van der Waals surface area contributed by atoms with Crippen molar-refractivity contribution in [1.82, 2.24) is 15.0 Å². The van der Waals surface area contributed by atoms with Crippen molar-refractivity contribution in [3.63, 3.8) is 0 Å². The second kappa shape index (κ2) is 3.63. The van der Waals surface area contributed by atoms with E-state index in [0.717, 1.165) is 4.88 Å². The number of fused-ring (bicyclic) bond motifs is 1. The fourth-order valence-corrected chi connectivity index (χ4v) is 2.22. The molecule has 0 saturated heterocycles. The summed E-state index contributed by atoms with van der Waals surface area (Å²) in [5, 5.41) is 1.93. The van der Waals surface area contributed by atoms with Crippen LogP contribution in [0.5, 0.6) is 0 Å². The number of rotatable bonds is 1. The van der Waals surface area contributed by atoms with E-state index in [1.807, 2.05) is 17.5 Å². The molecule has 0 fully saturated rings. The van der Waals surface area contributed by atoms with Crippen LogP contribution in [0.25, 0.3) is 21.7 Å². The molecule has 6 nitrogen and oxygen atoms in total. The van der Waals surface area contributed by atoms with Crippen molar-refractivity contribution in [3.8, 4) is 10.6 Å². The molecule has 0 aliphatic heterocycles. The molecule has 17 heavy (non-hydrogen) atoms. The summed E-state index contributed by atoms with van der Waals surface area (Å²) in [6.07, 6.45) is 1.66. The standard InChI is InChI=1S/C10H6N4O2S/c15-9-7-8(13-10(16)14-9)11-4-5(12-7)6-2-1-3-17-6/h1-4H,(H2,11,13,14,15,16)/p+1. The summed E-state index contributed by atoms with van der Waals surface area (Å²) in [5.41, 5.74) is 0.127. The zero-order valence-electron chi connectivity index (χ0n) is 8.48. The molecule has 3 N–H and O–H groups in total. The Kier molecular flexibility index (Phi) is 2.12. The smallest absolute Gasteiger partial charge is 0.267 e. The topological polar surface area (TPSA) is 92.8 Å². The van der Waals surface area contributed by atoms with Crippen LogP contribution in [0.2, 0.25) is 0 Å². The Morgan fingerprint density at radius 3 is 2.94 bits per heavy atom. The normalized spacial score (nSPS) is 10.8. The van der Waals surface area contributed by atoms with Gasteiger partial charge in [-0.15, -0.1) is 11.3 Å². The van der Waals surface area contributed by atoms with Crippen LogP contribution in [0.3, 0.4) is 0 Å². The molecule has 7 heteroatoms. The van der Waals surface area contributed by atoms with Crippen LogP contribution in [-0.2, 0) is 0 Å². The molecule has 0 spiro atoms. The Morgan fingerprint density at radius 1 is 1.29 bits per heavy atom. The van der Waals surface area contributed by atoms with Gasteiger partial charge in [0.15, 0.2) is 0 Å². The number of nitrogens with zero attached hydrogens (tertiary/aromatic N) is 1. The van der Waals surface area contributed by atoms with Gasteiger partial charge in [-0.2, -0.15) is 4.98 Å². The fourth-order valence-electron chi connectivity index (χ4n) is 1.53. The minimum absolute atomic E-state index is 0.190. The molecule has 3 rings (SSSR count). The van der Waals surface area contributed by atoms with E-state index in [0.29, 0.717) is 11.3 Å². The number of hydrogen-bond acceptors (Lipinski definition) is 4. The summed E-state index contributed by atoms with van der Waals surface area (Å²) in [6, 6.07) is 3.82. The molecule has 3 aromatic rings. The van der Waals surface area contributed by atoms with Crippen LogP contribution in [0.15, 0.2) is 33.3 Å². The zero-order chi connectivity index (χ0) is 11.8. The van der Waals surface area contributed by atoms with Crippen molar-refractivity contribution in [2.45, 2.75) is 0 Å². The minimum Gasteiger partial charge on any atom is -0.267 e. The van der Waals surface area contributed by atoms with E-state index in [9.17, 15) is 9.59 Å². The average Bonchev–Trinajstić information content (AvgIpc) is 2.82. The summed E-state index contributed by atoms with van der Waals surface area (Å²) < 4.78 is 0. The third-order valence-corrected chi connectivity index (χ3v) is 3.17. The van der Waals surface area contributed by atoms with E-state index in [4.69, 9.17) is 0 Å². The van der Waals surface area contributed by atoms with Crippen molar-refractivity contribution < 1.29 is 4.98 Å².